The summed E-state index contributed by atoms with van der Waals surface area (Å²) in [5, 5.41) is 18.9. The number of carbonyl (C=O) groups excluding carboxylic acids is 1. The fourth-order valence-electron chi connectivity index (χ4n) is 4.44. The Morgan fingerprint density at radius 3 is 2.52 bits per heavy atom. The number of carboxylic acid groups (broad SMARTS) is 1. The highest BCUT2D eigenvalue weighted by Gasteiger charge is 2.31. The molecular formula is C26H24O5. The Labute approximate surface area is 180 Å². The lowest BCUT2D eigenvalue weighted by atomic mass is 9.94. The summed E-state index contributed by atoms with van der Waals surface area (Å²) in [6.45, 7) is 4.30. The first-order valence-electron chi connectivity index (χ1n) is 10.2. The maximum Gasteiger partial charge on any atom is 0.303 e. The lowest BCUT2D eigenvalue weighted by molar-refractivity contribution is -0.137. The molecule has 5 nitrogen and oxygen atoms in total. The molecule has 0 bridgehead atoms. The number of aliphatic carboxylic acids is 1. The number of hydrogen-bond donors (Lipinski definition) is 2. The van der Waals surface area contributed by atoms with Crippen molar-refractivity contribution in [1.82, 2.24) is 0 Å². The van der Waals surface area contributed by atoms with Gasteiger partial charge < -0.3 is 14.9 Å². The smallest absolute Gasteiger partial charge is 0.303 e. The van der Waals surface area contributed by atoms with Crippen LogP contribution in [0.4, 0.5) is 0 Å². The van der Waals surface area contributed by atoms with Crippen molar-refractivity contribution in [3.05, 3.63) is 82.4 Å². The summed E-state index contributed by atoms with van der Waals surface area (Å²) in [5.41, 5.74) is 6.49. The van der Waals surface area contributed by atoms with Crippen LogP contribution in [0.5, 0.6) is 11.5 Å². The number of aryl methyl sites for hydroxylation is 2. The number of phenolic OH excluding ortho intramolecular Hbond substituents is 1. The maximum absolute atomic E-state index is 12.3. The number of ketones is 1. The van der Waals surface area contributed by atoms with Gasteiger partial charge in [0.25, 0.3) is 0 Å². The van der Waals surface area contributed by atoms with E-state index in [0.717, 1.165) is 33.4 Å². The minimum atomic E-state index is -0.898. The molecule has 2 N–H and O–H groups in total. The number of benzene rings is 3. The predicted octanol–water partition coefficient (Wildman–Crippen LogP) is 5.40. The fourth-order valence-corrected chi connectivity index (χ4v) is 4.44. The third-order valence-electron chi connectivity index (χ3n) is 5.76. The van der Waals surface area contributed by atoms with Crippen LogP contribution in [0.3, 0.4) is 0 Å². The average Bonchev–Trinajstić information content (AvgIpc) is 3.00. The van der Waals surface area contributed by atoms with Gasteiger partial charge in [0.1, 0.15) is 18.1 Å². The molecule has 158 valence electrons. The Kier molecular flexibility index (Phi) is 5.51. The van der Waals surface area contributed by atoms with E-state index in [1.807, 2.05) is 38.1 Å². The second kappa shape index (κ2) is 8.26. The zero-order chi connectivity index (χ0) is 22.1. The number of phenols is 1. The lowest BCUT2D eigenvalue weighted by Crippen LogP contribution is -2.03. The van der Waals surface area contributed by atoms with Crippen LogP contribution in [-0.2, 0) is 11.4 Å². The Morgan fingerprint density at radius 1 is 1.06 bits per heavy atom. The minimum Gasteiger partial charge on any atom is -0.508 e. The van der Waals surface area contributed by atoms with Crippen molar-refractivity contribution >= 4 is 11.8 Å². The molecule has 0 heterocycles. The summed E-state index contributed by atoms with van der Waals surface area (Å²) in [7, 11) is 0. The summed E-state index contributed by atoms with van der Waals surface area (Å²) in [6, 6.07) is 16.9. The monoisotopic (exact) mass is 416 g/mol. The van der Waals surface area contributed by atoms with Gasteiger partial charge in [-0.15, -0.1) is 0 Å². The molecule has 3 aromatic carbocycles. The highest BCUT2D eigenvalue weighted by atomic mass is 16.5. The number of Topliss-reactive ketones (excluding diaryl/α,β-unsaturated/α-hetero) is 1. The van der Waals surface area contributed by atoms with Crippen molar-refractivity contribution < 1.29 is 24.5 Å². The summed E-state index contributed by atoms with van der Waals surface area (Å²) < 4.78 is 5.94. The van der Waals surface area contributed by atoms with E-state index in [1.165, 1.54) is 0 Å². The molecule has 0 amide bonds. The largest absolute Gasteiger partial charge is 0.508 e. The van der Waals surface area contributed by atoms with Gasteiger partial charge in [-0.2, -0.15) is 0 Å². The molecule has 0 fully saturated rings. The number of hydrogen-bond acceptors (Lipinski definition) is 4. The fraction of sp³-hybridized carbons (Fsp3) is 0.231. The molecule has 0 saturated heterocycles. The molecule has 1 atom stereocenters. The molecule has 5 heteroatoms. The Balaban J connectivity index is 1.52. The van der Waals surface area contributed by atoms with Crippen LogP contribution in [0.25, 0.3) is 11.1 Å². The topological polar surface area (TPSA) is 83.8 Å². The second-order valence-electron chi connectivity index (χ2n) is 8.11. The maximum atomic E-state index is 12.3. The van der Waals surface area contributed by atoms with E-state index in [2.05, 4.69) is 6.07 Å². The zero-order valence-electron chi connectivity index (χ0n) is 17.5. The average molecular weight is 416 g/mol. The van der Waals surface area contributed by atoms with Crippen molar-refractivity contribution in [2.75, 3.05) is 0 Å². The molecule has 1 aliphatic rings. The van der Waals surface area contributed by atoms with Crippen molar-refractivity contribution in [2.45, 2.75) is 39.2 Å². The van der Waals surface area contributed by atoms with Crippen molar-refractivity contribution in [3.8, 4) is 22.6 Å². The van der Waals surface area contributed by atoms with E-state index in [4.69, 9.17) is 9.84 Å². The van der Waals surface area contributed by atoms with E-state index >= 15 is 0 Å². The van der Waals surface area contributed by atoms with E-state index in [1.54, 1.807) is 24.3 Å². The molecule has 0 aliphatic heterocycles. The molecular weight excluding hydrogens is 392 g/mol. The molecule has 4 rings (SSSR count). The molecule has 0 spiro atoms. The number of fused-ring (bicyclic) bond motifs is 1. The summed E-state index contributed by atoms with van der Waals surface area (Å²) in [4.78, 5) is 23.3. The van der Waals surface area contributed by atoms with E-state index in [0.29, 0.717) is 17.9 Å². The second-order valence-corrected chi connectivity index (χ2v) is 8.11. The van der Waals surface area contributed by atoms with Crippen LogP contribution in [0.1, 0.15) is 51.4 Å². The molecule has 0 saturated carbocycles. The van der Waals surface area contributed by atoms with Gasteiger partial charge in [0.05, 0.1) is 6.42 Å². The van der Waals surface area contributed by atoms with E-state index in [9.17, 15) is 14.7 Å². The molecule has 1 aliphatic carbocycles. The molecule has 1 unspecified atom stereocenters. The SMILES string of the molecule is Cc1cc(O)cc(C)c1-c1cccc(COc2ccc3c(c2)C(=O)CC3CC(=O)O)c1. The highest BCUT2D eigenvalue weighted by Crippen LogP contribution is 2.37. The molecule has 3 aromatic rings. The van der Waals surface area contributed by atoms with Crippen LogP contribution in [0, 0.1) is 13.8 Å². The minimum absolute atomic E-state index is 0.0352. The van der Waals surface area contributed by atoms with Crippen LogP contribution in [0.2, 0.25) is 0 Å². The standard InChI is InChI=1S/C26H24O5/c1-15-8-20(27)9-16(2)26(15)18-5-3-4-17(10-18)14-31-21-6-7-22-19(12-25(29)30)11-24(28)23(22)13-21/h3-10,13,19,27H,11-12,14H2,1-2H3,(H,29,30). The summed E-state index contributed by atoms with van der Waals surface area (Å²) in [5.74, 6) is -0.347. The third-order valence-corrected chi connectivity index (χ3v) is 5.76. The van der Waals surface area contributed by atoms with Crippen LogP contribution >= 0.6 is 0 Å². The first kappa shape index (κ1) is 20.7. The number of rotatable bonds is 6. The quantitative estimate of drug-likeness (QED) is 0.562. The van der Waals surface area contributed by atoms with Gasteiger partial charge >= 0.3 is 5.97 Å². The predicted molar refractivity (Wildman–Crippen MR) is 118 cm³/mol. The summed E-state index contributed by atoms with van der Waals surface area (Å²) in [6.07, 6.45) is 0.195. The number of carbonyl (C=O) groups is 2. The van der Waals surface area contributed by atoms with Crippen molar-refractivity contribution in [2.24, 2.45) is 0 Å². The summed E-state index contributed by atoms with van der Waals surface area (Å²) >= 11 is 0. The van der Waals surface area contributed by atoms with E-state index in [-0.39, 0.29) is 30.3 Å². The van der Waals surface area contributed by atoms with Gasteiger partial charge in [-0.25, -0.2) is 0 Å². The Hall–Kier alpha value is -3.60. The first-order chi connectivity index (χ1) is 14.8. The molecule has 31 heavy (non-hydrogen) atoms. The number of aromatic hydroxyl groups is 1. The number of carboxylic acids is 1. The third kappa shape index (κ3) is 4.31. The van der Waals surface area contributed by atoms with Gasteiger partial charge in [0, 0.05) is 17.9 Å². The molecule has 0 aromatic heterocycles. The van der Waals surface area contributed by atoms with E-state index < -0.39 is 5.97 Å². The molecule has 0 radical (unpaired) electrons. The Bertz CT molecular complexity index is 1160. The normalized spacial score (nSPS) is 15.0. The van der Waals surface area contributed by atoms with Gasteiger partial charge in [-0.3, -0.25) is 9.59 Å². The van der Waals surface area contributed by atoms with Crippen molar-refractivity contribution in [1.29, 1.82) is 0 Å². The lowest BCUT2D eigenvalue weighted by Gasteiger charge is -2.13. The van der Waals surface area contributed by atoms with Crippen LogP contribution < -0.4 is 4.74 Å². The van der Waals surface area contributed by atoms with Crippen LogP contribution in [0.15, 0.2) is 54.6 Å². The Morgan fingerprint density at radius 2 is 1.81 bits per heavy atom. The highest BCUT2D eigenvalue weighted by molar-refractivity contribution is 6.02. The first-order valence-corrected chi connectivity index (χ1v) is 10.2. The van der Waals surface area contributed by atoms with Gasteiger partial charge in [0.15, 0.2) is 5.78 Å². The van der Waals surface area contributed by atoms with Crippen LogP contribution in [-0.4, -0.2) is 22.0 Å². The number of ether oxygens (including phenoxy) is 1. The van der Waals surface area contributed by atoms with Gasteiger partial charge in [-0.1, -0.05) is 24.3 Å². The zero-order valence-corrected chi connectivity index (χ0v) is 17.5. The van der Waals surface area contributed by atoms with Gasteiger partial charge in [0.2, 0.25) is 0 Å². The van der Waals surface area contributed by atoms with Crippen molar-refractivity contribution in [3.63, 3.8) is 0 Å². The van der Waals surface area contributed by atoms with Gasteiger partial charge in [-0.05, 0) is 77.6 Å².